The monoisotopic (exact) mass is 332 g/mol. The van der Waals surface area contributed by atoms with Gasteiger partial charge in [-0.25, -0.2) is 0 Å². The number of rotatable bonds is 4. The standard InChI is InChI=1S/C22H24N2O/c1-22(2,3)17-12-9-16(10-13-17)11-14-21(25)24-20-8-4-7-19-18(20)6-5-15-23-19/h4-10,12-13,15H,11,14H2,1-3H3,(H,24,25). The van der Waals surface area contributed by atoms with Gasteiger partial charge in [-0.2, -0.15) is 0 Å². The SMILES string of the molecule is CC(C)(C)c1ccc(CCC(=O)Nc2cccc3ncccc23)cc1. The van der Waals surface area contributed by atoms with Gasteiger partial charge in [0.1, 0.15) is 0 Å². The second-order valence-corrected chi connectivity index (χ2v) is 7.37. The van der Waals surface area contributed by atoms with Crippen LogP contribution in [0.25, 0.3) is 10.9 Å². The molecule has 25 heavy (non-hydrogen) atoms. The first-order chi connectivity index (χ1) is 11.9. The van der Waals surface area contributed by atoms with Crippen molar-refractivity contribution in [3.63, 3.8) is 0 Å². The number of pyridine rings is 1. The van der Waals surface area contributed by atoms with Crippen LogP contribution in [0.4, 0.5) is 5.69 Å². The van der Waals surface area contributed by atoms with Crippen LogP contribution >= 0.6 is 0 Å². The van der Waals surface area contributed by atoms with E-state index in [-0.39, 0.29) is 11.3 Å². The Labute approximate surface area is 149 Å². The second-order valence-electron chi connectivity index (χ2n) is 7.37. The molecule has 2 aromatic carbocycles. The Morgan fingerprint density at radius 2 is 1.76 bits per heavy atom. The van der Waals surface area contributed by atoms with Crippen molar-refractivity contribution in [3.8, 4) is 0 Å². The Balaban J connectivity index is 1.63. The van der Waals surface area contributed by atoms with Crippen LogP contribution in [0.5, 0.6) is 0 Å². The summed E-state index contributed by atoms with van der Waals surface area (Å²) in [7, 11) is 0. The molecule has 0 saturated carbocycles. The van der Waals surface area contributed by atoms with Gasteiger partial charge < -0.3 is 5.32 Å². The summed E-state index contributed by atoms with van der Waals surface area (Å²) >= 11 is 0. The van der Waals surface area contributed by atoms with E-state index < -0.39 is 0 Å². The van der Waals surface area contributed by atoms with Crippen molar-refractivity contribution in [2.24, 2.45) is 0 Å². The van der Waals surface area contributed by atoms with Crippen LogP contribution in [0, 0.1) is 0 Å². The number of aromatic nitrogens is 1. The van der Waals surface area contributed by atoms with Gasteiger partial charge in [-0.3, -0.25) is 9.78 Å². The number of aryl methyl sites for hydroxylation is 1. The maximum absolute atomic E-state index is 12.3. The molecule has 3 aromatic rings. The van der Waals surface area contributed by atoms with Crippen molar-refractivity contribution < 1.29 is 4.79 Å². The molecule has 0 aliphatic rings. The number of hydrogen-bond acceptors (Lipinski definition) is 2. The van der Waals surface area contributed by atoms with E-state index in [9.17, 15) is 4.79 Å². The molecule has 0 saturated heterocycles. The molecule has 0 fully saturated rings. The lowest BCUT2D eigenvalue weighted by atomic mass is 9.86. The Hall–Kier alpha value is -2.68. The molecule has 3 rings (SSSR count). The van der Waals surface area contributed by atoms with Crippen LogP contribution in [-0.4, -0.2) is 10.9 Å². The number of nitrogens with zero attached hydrogens (tertiary/aromatic N) is 1. The predicted octanol–water partition coefficient (Wildman–Crippen LogP) is 5.10. The van der Waals surface area contributed by atoms with Gasteiger partial charge in [-0.1, -0.05) is 51.1 Å². The summed E-state index contributed by atoms with van der Waals surface area (Å²) in [4.78, 5) is 16.6. The third-order valence-corrected chi connectivity index (χ3v) is 4.38. The molecule has 0 aliphatic carbocycles. The number of anilines is 1. The lowest BCUT2D eigenvalue weighted by Crippen LogP contribution is -2.13. The van der Waals surface area contributed by atoms with Gasteiger partial charge in [0.05, 0.1) is 11.2 Å². The lowest BCUT2D eigenvalue weighted by molar-refractivity contribution is -0.116. The second kappa shape index (κ2) is 7.06. The van der Waals surface area contributed by atoms with E-state index in [1.165, 1.54) is 11.1 Å². The highest BCUT2D eigenvalue weighted by atomic mass is 16.1. The van der Waals surface area contributed by atoms with Gasteiger partial charge in [-0.15, -0.1) is 0 Å². The highest BCUT2D eigenvalue weighted by Crippen LogP contribution is 2.23. The number of nitrogens with one attached hydrogen (secondary N) is 1. The zero-order chi connectivity index (χ0) is 17.9. The fourth-order valence-corrected chi connectivity index (χ4v) is 2.85. The first-order valence-corrected chi connectivity index (χ1v) is 8.66. The zero-order valence-corrected chi connectivity index (χ0v) is 15.0. The largest absolute Gasteiger partial charge is 0.325 e. The molecule has 0 spiro atoms. The number of hydrogen-bond donors (Lipinski definition) is 1. The molecule has 0 radical (unpaired) electrons. The van der Waals surface area contributed by atoms with Crippen LogP contribution in [0.2, 0.25) is 0 Å². The van der Waals surface area contributed by atoms with E-state index in [0.717, 1.165) is 23.0 Å². The third-order valence-electron chi connectivity index (χ3n) is 4.38. The topological polar surface area (TPSA) is 42.0 Å². The fourth-order valence-electron chi connectivity index (χ4n) is 2.85. The summed E-state index contributed by atoms with van der Waals surface area (Å²) in [6, 6.07) is 18.2. The van der Waals surface area contributed by atoms with Gasteiger partial charge in [0, 0.05) is 18.0 Å². The minimum Gasteiger partial charge on any atom is -0.325 e. The third kappa shape index (κ3) is 4.24. The highest BCUT2D eigenvalue weighted by molar-refractivity contribution is 6.00. The average Bonchev–Trinajstić information content (AvgIpc) is 2.60. The van der Waals surface area contributed by atoms with Gasteiger partial charge in [0.25, 0.3) is 0 Å². The molecule has 0 bridgehead atoms. The molecule has 1 aromatic heterocycles. The molecule has 1 heterocycles. The molecular weight excluding hydrogens is 308 g/mol. The summed E-state index contributed by atoms with van der Waals surface area (Å²) in [5, 5.41) is 3.98. The lowest BCUT2D eigenvalue weighted by Gasteiger charge is -2.19. The van der Waals surface area contributed by atoms with E-state index in [1.807, 2.05) is 30.3 Å². The minimum atomic E-state index is 0.0243. The van der Waals surface area contributed by atoms with Crippen LogP contribution in [-0.2, 0) is 16.6 Å². The van der Waals surface area contributed by atoms with E-state index in [2.05, 4.69) is 55.3 Å². The van der Waals surface area contributed by atoms with Crippen molar-refractivity contribution >= 4 is 22.5 Å². The Morgan fingerprint density at radius 1 is 1.00 bits per heavy atom. The number of carbonyl (C=O) groups is 1. The summed E-state index contributed by atoms with van der Waals surface area (Å²) in [6.07, 6.45) is 2.96. The Morgan fingerprint density at radius 3 is 2.48 bits per heavy atom. The Kier molecular flexibility index (Phi) is 4.84. The normalized spacial score (nSPS) is 11.5. The molecule has 1 N–H and O–H groups in total. The number of amides is 1. The van der Waals surface area contributed by atoms with Gasteiger partial charge >= 0.3 is 0 Å². The first-order valence-electron chi connectivity index (χ1n) is 8.66. The van der Waals surface area contributed by atoms with Gasteiger partial charge in [0.2, 0.25) is 5.91 Å². The van der Waals surface area contributed by atoms with Crippen molar-refractivity contribution in [1.29, 1.82) is 0 Å². The maximum Gasteiger partial charge on any atom is 0.224 e. The van der Waals surface area contributed by atoms with E-state index >= 15 is 0 Å². The molecule has 0 aliphatic heterocycles. The average molecular weight is 332 g/mol. The van der Waals surface area contributed by atoms with Crippen molar-refractivity contribution in [1.82, 2.24) is 4.98 Å². The summed E-state index contributed by atoms with van der Waals surface area (Å²) in [5.41, 5.74) is 4.35. The maximum atomic E-state index is 12.3. The Bertz CT molecular complexity index is 871. The molecule has 0 unspecified atom stereocenters. The zero-order valence-electron chi connectivity index (χ0n) is 15.0. The number of fused-ring (bicyclic) bond motifs is 1. The van der Waals surface area contributed by atoms with Crippen LogP contribution in [0.3, 0.4) is 0 Å². The minimum absolute atomic E-state index is 0.0243. The van der Waals surface area contributed by atoms with Crippen molar-refractivity contribution in [2.75, 3.05) is 5.32 Å². The highest BCUT2D eigenvalue weighted by Gasteiger charge is 2.13. The molecular formula is C22H24N2O. The number of benzene rings is 2. The smallest absolute Gasteiger partial charge is 0.224 e. The van der Waals surface area contributed by atoms with E-state index in [0.29, 0.717) is 6.42 Å². The molecule has 128 valence electrons. The van der Waals surface area contributed by atoms with Crippen molar-refractivity contribution in [2.45, 2.75) is 39.0 Å². The summed E-state index contributed by atoms with van der Waals surface area (Å²) < 4.78 is 0. The molecule has 0 atom stereocenters. The fraction of sp³-hybridized carbons (Fsp3) is 0.273. The van der Waals surface area contributed by atoms with Crippen molar-refractivity contribution in [3.05, 3.63) is 71.9 Å². The van der Waals surface area contributed by atoms with Crippen LogP contribution in [0.1, 0.15) is 38.3 Å². The predicted molar refractivity (Wildman–Crippen MR) is 104 cm³/mol. The van der Waals surface area contributed by atoms with Crippen LogP contribution < -0.4 is 5.32 Å². The van der Waals surface area contributed by atoms with E-state index in [1.54, 1.807) is 6.20 Å². The molecule has 3 nitrogen and oxygen atoms in total. The number of carbonyl (C=O) groups excluding carboxylic acids is 1. The van der Waals surface area contributed by atoms with E-state index in [4.69, 9.17) is 0 Å². The summed E-state index contributed by atoms with van der Waals surface area (Å²) in [5.74, 6) is 0.0243. The quantitative estimate of drug-likeness (QED) is 0.722. The molecule has 3 heteroatoms. The summed E-state index contributed by atoms with van der Waals surface area (Å²) in [6.45, 7) is 6.61. The molecule has 1 amide bonds. The van der Waals surface area contributed by atoms with Gasteiger partial charge in [-0.05, 0) is 47.2 Å². The first kappa shape index (κ1) is 17.2. The van der Waals surface area contributed by atoms with Gasteiger partial charge in [0.15, 0.2) is 0 Å². The van der Waals surface area contributed by atoms with Crippen LogP contribution in [0.15, 0.2) is 60.8 Å².